The molecule has 0 radical (unpaired) electrons. The third-order valence-corrected chi connectivity index (χ3v) is 2.45. The van der Waals surface area contributed by atoms with Gasteiger partial charge in [0.2, 0.25) is 5.88 Å². The van der Waals surface area contributed by atoms with Gasteiger partial charge in [0.15, 0.2) is 0 Å². The van der Waals surface area contributed by atoms with E-state index in [2.05, 4.69) is 4.98 Å². The summed E-state index contributed by atoms with van der Waals surface area (Å²) in [5, 5.41) is 10.8. The van der Waals surface area contributed by atoms with E-state index < -0.39 is 4.92 Å². The molecule has 0 amide bonds. The van der Waals surface area contributed by atoms with Gasteiger partial charge in [-0.25, -0.2) is 4.98 Å². The summed E-state index contributed by atoms with van der Waals surface area (Å²) in [5.74, 6) is 0.457. The van der Waals surface area contributed by atoms with Gasteiger partial charge in [-0.1, -0.05) is 18.2 Å². The maximum atomic E-state index is 10.8. The Hall–Kier alpha value is -2.43. The molecule has 2 aromatic rings. The standard InChI is InChI=1S/C13H12N2O3/c1-10-6-7-13(14-8-10)18-9-11-4-2-3-5-12(11)15(16)17/h2-8H,9H2,1H3. The predicted molar refractivity (Wildman–Crippen MR) is 66.4 cm³/mol. The Morgan fingerprint density at radius 1 is 1.28 bits per heavy atom. The minimum atomic E-state index is -0.415. The second-order valence-corrected chi connectivity index (χ2v) is 3.85. The van der Waals surface area contributed by atoms with Crippen molar-refractivity contribution in [3.63, 3.8) is 0 Å². The number of hydrogen-bond donors (Lipinski definition) is 0. The molecule has 0 aliphatic carbocycles. The molecule has 0 aliphatic heterocycles. The van der Waals surface area contributed by atoms with Crippen LogP contribution in [0.5, 0.6) is 5.88 Å². The third-order valence-electron chi connectivity index (χ3n) is 2.45. The fourth-order valence-electron chi connectivity index (χ4n) is 1.50. The van der Waals surface area contributed by atoms with Gasteiger partial charge in [0.05, 0.1) is 10.5 Å². The molecule has 2 rings (SSSR count). The van der Waals surface area contributed by atoms with Gasteiger partial charge in [-0.3, -0.25) is 10.1 Å². The predicted octanol–water partition coefficient (Wildman–Crippen LogP) is 2.88. The van der Waals surface area contributed by atoms with Crippen molar-refractivity contribution in [2.75, 3.05) is 0 Å². The number of nitro groups is 1. The molecule has 5 nitrogen and oxygen atoms in total. The summed E-state index contributed by atoms with van der Waals surface area (Å²) in [7, 11) is 0. The summed E-state index contributed by atoms with van der Waals surface area (Å²) in [6, 6.07) is 10.1. The number of aryl methyl sites for hydroxylation is 1. The Labute approximate surface area is 104 Å². The van der Waals surface area contributed by atoms with E-state index in [0.29, 0.717) is 11.4 Å². The fraction of sp³-hybridized carbons (Fsp3) is 0.154. The summed E-state index contributed by atoms with van der Waals surface area (Å²) in [5.41, 5.74) is 1.63. The first kappa shape index (κ1) is 12.0. The molecular formula is C13H12N2O3. The van der Waals surface area contributed by atoms with E-state index >= 15 is 0 Å². The van der Waals surface area contributed by atoms with Gasteiger partial charge in [0.25, 0.3) is 5.69 Å². The van der Waals surface area contributed by atoms with Crippen LogP contribution in [-0.2, 0) is 6.61 Å². The zero-order valence-electron chi connectivity index (χ0n) is 9.87. The smallest absolute Gasteiger partial charge is 0.276 e. The SMILES string of the molecule is Cc1ccc(OCc2ccccc2[N+](=O)[O-])nc1. The molecule has 0 spiro atoms. The fourth-order valence-corrected chi connectivity index (χ4v) is 1.50. The largest absolute Gasteiger partial charge is 0.473 e. The average molecular weight is 244 g/mol. The van der Waals surface area contributed by atoms with Crippen LogP contribution in [0, 0.1) is 17.0 Å². The van der Waals surface area contributed by atoms with E-state index in [0.717, 1.165) is 5.56 Å². The number of benzene rings is 1. The molecule has 5 heteroatoms. The van der Waals surface area contributed by atoms with Crippen LogP contribution in [-0.4, -0.2) is 9.91 Å². The quantitative estimate of drug-likeness (QED) is 0.612. The van der Waals surface area contributed by atoms with Crippen LogP contribution in [0.3, 0.4) is 0 Å². The summed E-state index contributed by atoms with van der Waals surface area (Å²) >= 11 is 0. The molecule has 0 bridgehead atoms. The molecule has 0 fully saturated rings. The van der Waals surface area contributed by atoms with Crippen LogP contribution in [0.1, 0.15) is 11.1 Å². The first-order valence-corrected chi connectivity index (χ1v) is 5.44. The first-order valence-electron chi connectivity index (χ1n) is 5.44. The van der Waals surface area contributed by atoms with Gasteiger partial charge in [0.1, 0.15) is 6.61 Å². The lowest BCUT2D eigenvalue weighted by molar-refractivity contribution is -0.385. The topological polar surface area (TPSA) is 65.3 Å². The monoisotopic (exact) mass is 244 g/mol. The van der Waals surface area contributed by atoms with Gasteiger partial charge in [-0.05, 0) is 18.6 Å². The minimum absolute atomic E-state index is 0.0598. The van der Waals surface area contributed by atoms with Crippen molar-refractivity contribution in [2.45, 2.75) is 13.5 Å². The summed E-state index contributed by atoms with van der Waals surface area (Å²) in [6.07, 6.45) is 1.69. The van der Waals surface area contributed by atoms with E-state index in [1.807, 2.05) is 13.0 Å². The zero-order chi connectivity index (χ0) is 13.0. The van der Waals surface area contributed by atoms with Crippen LogP contribution < -0.4 is 4.74 Å². The third kappa shape index (κ3) is 2.82. The second kappa shape index (κ2) is 5.27. The number of para-hydroxylation sites is 1. The Kier molecular flexibility index (Phi) is 3.52. The second-order valence-electron chi connectivity index (χ2n) is 3.85. The molecule has 92 valence electrons. The number of nitrogens with zero attached hydrogens (tertiary/aromatic N) is 2. The molecule has 18 heavy (non-hydrogen) atoms. The molecule has 0 atom stereocenters. The number of ether oxygens (including phenoxy) is 1. The molecule has 0 N–H and O–H groups in total. The number of aromatic nitrogens is 1. The van der Waals surface area contributed by atoms with E-state index in [-0.39, 0.29) is 12.3 Å². The molecule has 1 heterocycles. The zero-order valence-corrected chi connectivity index (χ0v) is 9.87. The molecule has 0 aliphatic rings. The highest BCUT2D eigenvalue weighted by atomic mass is 16.6. The normalized spacial score (nSPS) is 10.1. The average Bonchev–Trinajstić information content (AvgIpc) is 2.38. The first-order chi connectivity index (χ1) is 8.66. The van der Waals surface area contributed by atoms with Gasteiger partial charge >= 0.3 is 0 Å². The maximum Gasteiger partial charge on any atom is 0.276 e. The van der Waals surface area contributed by atoms with Crippen molar-refractivity contribution >= 4 is 5.69 Å². The highest BCUT2D eigenvalue weighted by Gasteiger charge is 2.12. The van der Waals surface area contributed by atoms with Crippen molar-refractivity contribution in [1.82, 2.24) is 4.98 Å². The van der Waals surface area contributed by atoms with Crippen molar-refractivity contribution in [3.8, 4) is 5.88 Å². The molecule has 1 aromatic heterocycles. The number of rotatable bonds is 4. The lowest BCUT2D eigenvalue weighted by Crippen LogP contribution is -2.01. The molecule has 1 aromatic carbocycles. The molecular weight excluding hydrogens is 232 g/mol. The van der Waals surface area contributed by atoms with E-state index in [1.165, 1.54) is 6.07 Å². The number of pyridine rings is 1. The van der Waals surface area contributed by atoms with Crippen LogP contribution in [0.2, 0.25) is 0 Å². The lowest BCUT2D eigenvalue weighted by Gasteiger charge is -2.05. The van der Waals surface area contributed by atoms with Crippen molar-refractivity contribution in [1.29, 1.82) is 0 Å². The summed E-state index contributed by atoms with van der Waals surface area (Å²) in [4.78, 5) is 14.5. The van der Waals surface area contributed by atoms with Gasteiger partial charge in [-0.15, -0.1) is 0 Å². The molecule has 0 saturated heterocycles. The molecule has 0 saturated carbocycles. The Morgan fingerprint density at radius 2 is 2.06 bits per heavy atom. The van der Waals surface area contributed by atoms with Crippen molar-refractivity contribution < 1.29 is 9.66 Å². The van der Waals surface area contributed by atoms with Gasteiger partial charge in [-0.2, -0.15) is 0 Å². The number of hydrogen-bond acceptors (Lipinski definition) is 4. The van der Waals surface area contributed by atoms with Crippen LogP contribution >= 0.6 is 0 Å². The minimum Gasteiger partial charge on any atom is -0.473 e. The summed E-state index contributed by atoms with van der Waals surface area (Å²) < 4.78 is 5.42. The number of nitro benzene ring substituents is 1. The molecule has 0 unspecified atom stereocenters. The van der Waals surface area contributed by atoms with Gasteiger partial charge in [0, 0.05) is 18.3 Å². The van der Waals surface area contributed by atoms with Gasteiger partial charge < -0.3 is 4.74 Å². The lowest BCUT2D eigenvalue weighted by atomic mass is 10.2. The van der Waals surface area contributed by atoms with Crippen LogP contribution in [0.25, 0.3) is 0 Å². The van der Waals surface area contributed by atoms with E-state index in [9.17, 15) is 10.1 Å². The van der Waals surface area contributed by atoms with Crippen LogP contribution in [0.4, 0.5) is 5.69 Å². The Bertz CT molecular complexity index is 552. The van der Waals surface area contributed by atoms with Crippen molar-refractivity contribution in [3.05, 3.63) is 63.8 Å². The van der Waals surface area contributed by atoms with E-state index in [1.54, 1.807) is 30.5 Å². The van der Waals surface area contributed by atoms with Crippen molar-refractivity contribution in [2.24, 2.45) is 0 Å². The Morgan fingerprint density at radius 3 is 2.72 bits per heavy atom. The Balaban J connectivity index is 2.10. The van der Waals surface area contributed by atoms with Crippen LogP contribution in [0.15, 0.2) is 42.6 Å². The highest BCUT2D eigenvalue weighted by molar-refractivity contribution is 5.39. The summed E-state index contributed by atoms with van der Waals surface area (Å²) in [6.45, 7) is 2.06. The highest BCUT2D eigenvalue weighted by Crippen LogP contribution is 2.19. The maximum absolute atomic E-state index is 10.8. The van der Waals surface area contributed by atoms with E-state index in [4.69, 9.17) is 4.74 Å².